The smallest absolute Gasteiger partial charge is 0.169 e. The first-order chi connectivity index (χ1) is 14.8. The molecule has 1 N–H and O–H groups in total. The summed E-state index contributed by atoms with van der Waals surface area (Å²) in [5.74, 6) is 2.41. The lowest BCUT2D eigenvalue weighted by atomic mass is 9.88. The van der Waals surface area contributed by atoms with Crippen LogP contribution in [0.15, 0.2) is 36.5 Å². The van der Waals surface area contributed by atoms with Crippen LogP contribution in [0.25, 0.3) is 0 Å². The fourth-order valence-electron chi connectivity index (χ4n) is 5.26. The van der Waals surface area contributed by atoms with Gasteiger partial charge in [-0.3, -0.25) is 9.80 Å². The molecule has 0 bridgehead atoms. The van der Waals surface area contributed by atoms with Gasteiger partial charge in [-0.2, -0.15) is 0 Å². The number of piperazine rings is 1. The van der Waals surface area contributed by atoms with Gasteiger partial charge in [0.15, 0.2) is 11.6 Å². The third-order valence-electron chi connectivity index (χ3n) is 7.01. The van der Waals surface area contributed by atoms with Gasteiger partial charge in [-0.05, 0) is 43.9 Å². The summed E-state index contributed by atoms with van der Waals surface area (Å²) >= 11 is 0. The van der Waals surface area contributed by atoms with Crippen LogP contribution in [0.1, 0.15) is 69.7 Å². The standard InChI is InChI=1S/C26H36N4O/c1-17(2)19-8-6-7-9-20(19)22-16-29(12-13-30(22)26(3,4)5)15-18-10-11-27-25-24(18)31-23-14-21(23)28-25/h6-11,17,21-23H,12-16H2,1-5H3,(H,27,28). The van der Waals surface area contributed by atoms with Crippen molar-refractivity contribution in [2.75, 3.05) is 25.0 Å². The topological polar surface area (TPSA) is 40.6 Å². The van der Waals surface area contributed by atoms with E-state index in [1.165, 1.54) is 16.7 Å². The molecule has 5 nitrogen and oxygen atoms in total. The summed E-state index contributed by atoms with van der Waals surface area (Å²) < 4.78 is 6.25. The first-order valence-corrected chi connectivity index (χ1v) is 11.8. The molecule has 1 saturated heterocycles. The van der Waals surface area contributed by atoms with Crippen LogP contribution in [-0.2, 0) is 6.54 Å². The first kappa shape index (κ1) is 20.8. The van der Waals surface area contributed by atoms with Crippen molar-refractivity contribution < 1.29 is 4.74 Å². The molecule has 1 aliphatic carbocycles. The normalized spacial score (nSPS) is 26.1. The Hall–Kier alpha value is -2.11. The molecule has 1 saturated carbocycles. The van der Waals surface area contributed by atoms with E-state index >= 15 is 0 Å². The minimum Gasteiger partial charge on any atom is -0.484 e. The number of aromatic nitrogens is 1. The van der Waals surface area contributed by atoms with Crippen molar-refractivity contribution in [1.82, 2.24) is 14.8 Å². The molecular weight excluding hydrogens is 384 g/mol. The Balaban J connectivity index is 1.42. The molecule has 0 radical (unpaired) electrons. The minimum atomic E-state index is 0.130. The predicted octanol–water partition coefficient (Wildman–Crippen LogP) is 4.81. The van der Waals surface area contributed by atoms with Crippen molar-refractivity contribution in [3.05, 3.63) is 53.2 Å². The van der Waals surface area contributed by atoms with E-state index in [1.807, 2.05) is 6.20 Å². The SMILES string of the molecule is CC(C)c1ccccc1C1CN(Cc2ccnc3c2OC2CC2N3)CCN1C(C)(C)C. The summed E-state index contributed by atoms with van der Waals surface area (Å²) in [7, 11) is 0. The highest BCUT2D eigenvalue weighted by Crippen LogP contribution is 2.42. The van der Waals surface area contributed by atoms with Crippen LogP contribution in [0.5, 0.6) is 5.75 Å². The van der Waals surface area contributed by atoms with Crippen LogP contribution in [-0.4, -0.2) is 52.1 Å². The first-order valence-electron chi connectivity index (χ1n) is 11.8. The molecule has 5 rings (SSSR count). The highest BCUT2D eigenvalue weighted by atomic mass is 16.5. The Morgan fingerprint density at radius 1 is 1.16 bits per heavy atom. The van der Waals surface area contributed by atoms with Crippen LogP contribution in [0.2, 0.25) is 0 Å². The Labute approximate surface area is 186 Å². The van der Waals surface area contributed by atoms with Crippen LogP contribution in [0, 0.1) is 0 Å². The van der Waals surface area contributed by atoms with E-state index in [0.717, 1.165) is 44.2 Å². The second-order valence-electron chi connectivity index (χ2n) is 10.7. The third-order valence-corrected chi connectivity index (χ3v) is 7.01. The molecule has 3 aliphatic rings. The third kappa shape index (κ3) is 4.06. The molecule has 166 valence electrons. The number of hydrogen-bond donors (Lipinski definition) is 1. The number of nitrogens with one attached hydrogen (secondary N) is 1. The van der Waals surface area contributed by atoms with E-state index in [0.29, 0.717) is 24.1 Å². The summed E-state index contributed by atoms with van der Waals surface area (Å²) in [6.45, 7) is 15.7. The van der Waals surface area contributed by atoms with Gasteiger partial charge in [0, 0.05) is 55.9 Å². The summed E-state index contributed by atoms with van der Waals surface area (Å²) in [6.07, 6.45) is 3.34. The molecule has 5 heteroatoms. The summed E-state index contributed by atoms with van der Waals surface area (Å²) in [6, 6.07) is 12.0. The van der Waals surface area contributed by atoms with Crippen LogP contribution < -0.4 is 10.1 Å². The van der Waals surface area contributed by atoms with Gasteiger partial charge in [0.25, 0.3) is 0 Å². The minimum absolute atomic E-state index is 0.130. The highest BCUT2D eigenvalue weighted by Gasteiger charge is 2.45. The zero-order chi connectivity index (χ0) is 21.8. The van der Waals surface area contributed by atoms with Gasteiger partial charge in [-0.1, -0.05) is 38.1 Å². The number of nitrogens with zero attached hydrogens (tertiary/aromatic N) is 3. The van der Waals surface area contributed by atoms with Crippen LogP contribution in [0.4, 0.5) is 5.82 Å². The van der Waals surface area contributed by atoms with Crippen molar-refractivity contribution in [2.45, 2.75) is 77.2 Å². The predicted molar refractivity (Wildman–Crippen MR) is 126 cm³/mol. The summed E-state index contributed by atoms with van der Waals surface area (Å²) in [5, 5.41) is 3.53. The summed E-state index contributed by atoms with van der Waals surface area (Å²) in [5.41, 5.74) is 4.33. The van der Waals surface area contributed by atoms with E-state index < -0.39 is 0 Å². The molecule has 2 aliphatic heterocycles. The zero-order valence-corrected chi connectivity index (χ0v) is 19.6. The average molecular weight is 421 g/mol. The maximum atomic E-state index is 6.25. The maximum Gasteiger partial charge on any atom is 0.169 e. The van der Waals surface area contributed by atoms with Crippen molar-refractivity contribution in [3.63, 3.8) is 0 Å². The molecule has 3 unspecified atom stereocenters. The van der Waals surface area contributed by atoms with Crippen molar-refractivity contribution in [2.24, 2.45) is 0 Å². The lowest BCUT2D eigenvalue weighted by Crippen LogP contribution is -2.55. The van der Waals surface area contributed by atoms with Gasteiger partial charge < -0.3 is 10.1 Å². The van der Waals surface area contributed by atoms with E-state index in [2.05, 4.69) is 85.1 Å². The summed E-state index contributed by atoms with van der Waals surface area (Å²) in [4.78, 5) is 9.82. The van der Waals surface area contributed by atoms with Crippen molar-refractivity contribution in [3.8, 4) is 5.75 Å². The van der Waals surface area contributed by atoms with Gasteiger partial charge in [0.1, 0.15) is 6.10 Å². The molecule has 1 aromatic heterocycles. The number of anilines is 1. The van der Waals surface area contributed by atoms with E-state index in [1.54, 1.807) is 0 Å². The number of fused-ring (bicyclic) bond motifs is 2. The fourth-order valence-corrected chi connectivity index (χ4v) is 5.26. The molecular formula is C26H36N4O. The fraction of sp³-hybridized carbons (Fsp3) is 0.577. The number of ether oxygens (including phenoxy) is 1. The Morgan fingerprint density at radius 3 is 2.74 bits per heavy atom. The average Bonchev–Trinajstić information content (AvgIpc) is 3.50. The number of pyridine rings is 1. The van der Waals surface area contributed by atoms with Gasteiger partial charge in [0.2, 0.25) is 0 Å². The van der Waals surface area contributed by atoms with Gasteiger partial charge in [0.05, 0.1) is 6.04 Å². The monoisotopic (exact) mass is 420 g/mol. The van der Waals surface area contributed by atoms with Gasteiger partial charge >= 0.3 is 0 Å². The van der Waals surface area contributed by atoms with Crippen LogP contribution in [0.3, 0.4) is 0 Å². The molecule has 0 amide bonds. The van der Waals surface area contributed by atoms with Gasteiger partial charge in [-0.25, -0.2) is 4.98 Å². The maximum absolute atomic E-state index is 6.25. The van der Waals surface area contributed by atoms with E-state index in [-0.39, 0.29) is 5.54 Å². The Kier molecular flexibility index (Phi) is 5.22. The zero-order valence-electron chi connectivity index (χ0n) is 19.6. The quantitative estimate of drug-likeness (QED) is 0.769. The van der Waals surface area contributed by atoms with E-state index in [9.17, 15) is 0 Å². The second kappa shape index (κ2) is 7.79. The Bertz CT molecular complexity index is 951. The molecule has 31 heavy (non-hydrogen) atoms. The van der Waals surface area contributed by atoms with E-state index in [4.69, 9.17) is 4.74 Å². The molecule has 3 atom stereocenters. The molecule has 0 spiro atoms. The van der Waals surface area contributed by atoms with Gasteiger partial charge in [-0.15, -0.1) is 0 Å². The molecule has 3 heterocycles. The number of hydrogen-bond acceptors (Lipinski definition) is 5. The molecule has 2 fully saturated rings. The molecule has 1 aromatic carbocycles. The number of benzene rings is 1. The van der Waals surface area contributed by atoms with Crippen molar-refractivity contribution in [1.29, 1.82) is 0 Å². The molecule has 2 aromatic rings. The lowest BCUT2D eigenvalue weighted by Gasteiger charge is -2.49. The van der Waals surface area contributed by atoms with Crippen molar-refractivity contribution >= 4 is 5.82 Å². The number of rotatable bonds is 4. The lowest BCUT2D eigenvalue weighted by molar-refractivity contribution is 0.00525. The largest absolute Gasteiger partial charge is 0.484 e. The highest BCUT2D eigenvalue weighted by molar-refractivity contribution is 5.58. The Morgan fingerprint density at radius 2 is 1.97 bits per heavy atom. The second-order valence-corrected chi connectivity index (χ2v) is 10.7. The van der Waals surface area contributed by atoms with Crippen LogP contribution >= 0.6 is 0 Å².